The number of aliphatic carboxylic acids is 1. The van der Waals surface area contributed by atoms with Gasteiger partial charge in [0.25, 0.3) is 10.0 Å². The van der Waals surface area contributed by atoms with Crippen LogP contribution in [0.15, 0.2) is 47.4 Å². The molecule has 0 saturated carbocycles. The molecule has 2 aromatic carbocycles. The van der Waals surface area contributed by atoms with Gasteiger partial charge in [-0.3, -0.25) is 4.72 Å². The molecule has 0 aromatic heterocycles. The molecule has 3 rings (SSSR count). The maximum Gasteiger partial charge on any atom is 0.261 e. The first-order valence-corrected chi connectivity index (χ1v) is 9.14. The minimum absolute atomic E-state index is 0.0830. The van der Waals surface area contributed by atoms with Crippen molar-refractivity contribution in [1.82, 2.24) is 0 Å². The van der Waals surface area contributed by atoms with Gasteiger partial charge in [-0.05, 0) is 42.7 Å². The second kappa shape index (κ2) is 7.02. The molecule has 0 radical (unpaired) electrons. The number of carboxylic acid groups (broad SMARTS) is 1. The fourth-order valence-corrected chi connectivity index (χ4v) is 3.45. The maximum atomic E-state index is 12.5. The third kappa shape index (κ3) is 4.21. The Morgan fingerprint density at radius 2 is 1.72 bits per heavy atom. The lowest BCUT2D eigenvalue weighted by Gasteiger charge is -2.19. The van der Waals surface area contributed by atoms with Crippen LogP contribution in [0, 0.1) is 0 Å². The van der Waals surface area contributed by atoms with Gasteiger partial charge < -0.3 is 19.4 Å². The highest BCUT2D eigenvalue weighted by Crippen LogP contribution is 2.33. The van der Waals surface area contributed by atoms with Gasteiger partial charge in [0.1, 0.15) is 13.2 Å². The van der Waals surface area contributed by atoms with Crippen molar-refractivity contribution in [2.24, 2.45) is 0 Å². The van der Waals surface area contributed by atoms with E-state index < -0.39 is 16.0 Å². The predicted molar refractivity (Wildman–Crippen MR) is 88.0 cm³/mol. The monoisotopic (exact) mass is 362 g/mol. The van der Waals surface area contributed by atoms with E-state index in [4.69, 9.17) is 9.47 Å². The zero-order valence-electron chi connectivity index (χ0n) is 13.2. The summed E-state index contributed by atoms with van der Waals surface area (Å²) < 4.78 is 38.2. The Morgan fingerprint density at radius 1 is 1.04 bits per heavy atom. The SMILES string of the molecule is O=C([O-])CCc1ccc(S(=O)(=O)Nc2ccc3c(c2)OCCO3)cc1. The number of anilines is 1. The van der Waals surface area contributed by atoms with Gasteiger partial charge >= 0.3 is 0 Å². The number of benzene rings is 2. The number of rotatable bonds is 6. The summed E-state index contributed by atoms with van der Waals surface area (Å²) in [5, 5.41) is 10.5. The van der Waals surface area contributed by atoms with Crippen molar-refractivity contribution in [2.45, 2.75) is 17.7 Å². The molecule has 0 unspecified atom stereocenters. The summed E-state index contributed by atoms with van der Waals surface area (Å²) >= 11 is 0. The molecule has 0 aliphatic carbocycles. The normalized spacial score (nSPS) is 13.3. The summed E-state index contributed by atoms with van der Waals surface area (Å²) in [6, 6.07) is 10.9. The fraction of sp³-hybridized carbons (Fsp3) is 0.235. The van der Waals surface area contributed by atoms with Crippen LogP contribution < -0.4 is 19.3 Å². The molecule has 0 amide bonds. The number of aryl methyl sites for hydroxylation is 1. The molecule has 0 fully saturated rings. The molecule has 7 nitrogen and oxygen atoms in total. The first kappa shape index (κ1) is 17.1. The van der Waals surface area contributed by atoms with Gasteiger partial charge in [-0.15, -0.1) is 0 Å². The predicted octanol–water partition coefficient (Wildman–Crippen LogP) is 0.941. The Labute approximate surface area is 145 Å². The molecule has 25 heavy (non-hydrogen) atoms. The number of hydrogen-bond acceptors (Lipinski definition) is 6. The van der Waals surface area contributed by atoms with E-state index in [1.165, 1.54) is 12.1 Å². The summed E-state index contributed by atoms with van der Waals surface area (Å²) in [6.45, 7) is 0.874. The number of fused-ring (bicyclic) bond motifs is 1. The van der Waals surface area contributed by atoms with Gasteiger partial charge in [0.2, 0.25) is 0 Å². The van der Waals surface area contributed by atoms with Gasteiger partial charge in [0.05, 0.1) is 10.6 Å². The fourth-order valence-electron chi connectivity index (χ4n) is 2.40. The molecule has 0 spiro atoms. The molecular formula is C17H16NO6S-. The second-order valence-corrected chi connectivity index (χ2v) is 7.16. The lowest BCUT2D eigenvalue weighted by Crippen LogP contribution is -2.22. The van der Waals surface area contributed by atoms with E-state index in [1.54, 1.807) is 30.3 Å². The zero-order valence-corrected chi connectivity index (χ0v) is 14.0. The summed E-state index contributed by atoms with van der Waals surface area (Å²) in [5.41, 5.74) is 1.09. The number of carbonyl (C=O) groups is 1. The second-order valence-electron chi connectivity index (χ2n) is 5.48. The number of nitrogens with one attached hydrogen (secondary N) is 1. The number of hydrogen-bond donors (Lipinski definition) is 1. The molecular weight excluding hydrogens is 346 g/mol. The van der Waals surface area contributed by atoms with E-state index >= 15 is 0 Å². The van der Waals surface area contributed by atoms with Crippen LogP contribution >= 0.6 is 0 Å². The van der Waals surface area contributed by atoms with Crippen LogP contribution in [0.3, 0.4) is 0 Å². The minimum Gasteiger partial charge on any atom is -0.550 e. The van der Waals surface area contributed by atoms with Gasteiger partial charge in [-0.25, -0.2) is 8.42 Å². The van der Waals surface area contributed by atoms with Crippen LogP contribution in [0.2, 0.25) is 0 Å². The molecule has 1 aliphatic heterocycles. The van der Waals surface area contributed by atoms with E-state index in [1.807, 2.05) is 0 Å². The van der Waals surface area contributed by atoms with E-state index in [9.17, 15) is 18.3 Å². The summed E-state index contributed by atoms with van der Waals surface area (Å²) in [7, 11) is -3.76. The van der Waals surface area contributed by atoms with E-state index in [0.29, 0.717) is 30.4 Å². The Kier molecular flexibility index (Phi) is 4.80. The third-order valence-corrected chi connectivity index (χ3v) is 5.04. The zero-order chi connectivity index (χ0) is 17.9. The topological polar surface area (TPSA) is 105 Å². The Morgan fingerprint density at radius 3 is 2.40 bits per heavy atom. The first-order valence-electron chi connectivity index (χ1n) is 7.65. The van der Waals surface area contributed by atoms with Crippen LogP contribution in [0.4, 0.5) is 5.69 Å². The van der Waals surface area contributed by atoms with Gasteiger partial charge in [0, 0.05) is 12.0 Å². The van der Waals surface area contributed by atoms with Crippen molar-refractivity contribution >= 4 is 21.7 Å². The molecule has 2 aromatic rings. The van der Waals surface area contributed by atoms with Crippen molar-refractivity contribution < 1.29 is 27.8 Å². The molecule has 132 valence electrons. The summed E-state index contributed by atoms with van der Waals surface area (Å²) in [6.07, 6.45) is 0.180. The third-order valence-electron chi connectivity index (χ3n) is 3.65. The van der Waals surface area contributed by atoms with Gasteiger partial charge in [-0.1, -0.05) is 12.1 Å². The highest BCUT2D eigenvalue weighted by atomic mass is 32.2. The van der Waals surface area contributed by atoms with Crippen LogP contribution in [-0.2, 0) is 21.2 Å². The number of carbonyl (C=O) groups excluding carboxylic acids is 1. The van der Waals surface area contributed by atoms with Crippen molar-refractivity contribution in [3.8, 4) is 11.5 Å². The lowest BCUT2D eigenvalue weighted by molar-refractivity contribution is -0.305. The molecule has 8 heteroatoms. The standard InChI is InChI=1S/C17H17NO6S/c19-17(20)8-3-12-1-5-14(6-2-12)25(21,22)18-13-4-7-15-16(11-13)24-10-9-23-15/h1-2,4-7,11,18H,3,8-10H2,(H,19,20)/p-1. The van der Waals surface area contributed by atoms with Gasteiger partial charge in [-0.2, -0.15) is 0 Å². The van der Waals surface area contributed by atoms with Crippen LogP contribution in [0.5, 0.6) is 11.5 Å². The molecule has 0 bridgehead atoms. The van der Waals surface area contributed by atoms with Crippen molar-refractivity contribution in [1.29, 1.82) is 0 Å². The number of sulfonamides is 1. The van der Waals surface area contributed by atoms with Crippen molar-refractivity contribution in [2.75, 3.05) is 17.9 Å². The minimum atomic E-state index is -3.76. The Bertz CT molecular complexity index is 877. The van der Waals surface area contributed by atoms with Crippen LogP contribution in [-0.4, -0.2) is 27.6 Å². The summed E-state index contributed by atoms with van der Waals surface area (Å²) in [5.74, 6) is -0.0764. The smallest absolute Gasteiger partial charge is 0.261 e. The van der Waals surface area contributed by atoms with Crippen LogP contribution in [0.25, 0.3) is 0 Å². The van der Waals surface area contributed by atoms with Crippen molar-refractivity contribution in [3.63, 3.8) is 0 Å². The maximum absolute atomic E-state index is 12.5. The molecule has 1 aliphatic rings. The quantitative estimate of drug-likeness (QED) is 0.820. The lowest BCUT2D eigenvalue weighted by atomic mass is 10.1. The van der Waals surface area contributed by atoms with Crippen molar-refractivity contribution in [3.05, 3.63) is 48.0 Å². The average Bonchev–Trinajstić information content (AvgIpc) is 2.60. The molecule has 0 atom stereocenters. The first-order chi connectivity index (χ1) is 11.9. The van der Waals surface area contributed by atoms with E-state index in [-0.39, 0.29) is 17.7 Å². The highest BCUT2D eigenvalue weighted by Gasteiger charge is 2.17. The number of ether oxygens (including phenoxy) is 2. The molecule has 1 heterocycles. The van der Waals surface area contributed by atoms with E-state index in [0.717, 1.165) is 5.56 Å². The van der Waals surface area contributed by atoms with E-state index in [2.05, 4.69) is 4.72 Å². The number of carboxylic acids is 1. The molecule has 1 N–H and O–H groups in total. The largest absolute Gasteiger partial charge is 0.550 e. The Hall–Kier alpha value is -2.74. The highest BCUT2D eigenvalue weighted by molar-refractivity contribution is 7.92. The van der Waals surface area contributed by atoms with Gasteiger partial charge in [0.15, 0.2) is 11.5 Å². The van der Waals surface area contributed by atoms with Crippen LogP contribution in [0.1, 0.15) is 12.0 Å². The average molecular weight is 362 g/mol. The Balaban J connectivity index is 1.74. The molecule has 0 saturated heterocycles. The summed E-state index contributed by atoms with van der Waals surface area (Å²) in [4.78, 5) is 10.6.